The van der Waals surface area contributed by atoms with Crippen LogP contribution in [0.2, 0.25) is 0 Å². The minimum Gasteiger partial charge on any atom is -0.358 e. The maximum atomic E-state index is 13.2. The van der Waals surface area contributed by atoms with Gasteiger partial charge in [-0.25, -0.2) is 15.3 Å². The number of hydrogen-bond acceptors (Lipinski definition) is 5. The summed E-state index contributed by atoms with van der Waals surface area (Å²) in [6.45, 7) is 2.30. The van der Waals surface area contributed by atoms with Gasteiger partial charge in [-0.2, -0.15) is 26.3 Å². The molecule has 1 atom stereocenters. The molecule has 1 saturated heterocycles. The molecule has 9 nitrogen and oxygen atoms in total. The molecule has 0 unspecified atom stereocenters. The minimum atomic E-state index is -4.85. The zero-order valence-corrected chi connectivity index (χ0v) is 18.6. The van der Waals surface area contributed by atoms with Gasteiger partial charge in [0.25, 0.3) is 5.56 Å². The molecule has 1 aliphatic heterocycles. The summed E-state index contributed by atoms with van der Waals surface area (Å²) in [7, 11) is 0. The molecule has 4 heterocycles. The SMILES string of the molecule is C[C@H](ONC(=O)N1CCN(c2ncc(C(F)(F)F)c3cc[nH]c23)CC1)c1c[nH]c(=O)c(C(F)(F)F)c1. The third kappa shape index (κ3) is 5.10. The lowest BCUT2D eigenvalue weighted by atomic mass is 10.1. The van der Waals surface area contributed by atoms with Crippen molar-refractivity contribution in [2.75, 3.05) is 31.1 Å². The van der Waals surface area contributed by atoms with Gasteiger partial charge < -0.3 is 19.8 Å². The molecular formula is C21H20F6N6O3. The van der Waals surface area contributed by atoms with Gasteiger partial charge in [-0.1, -0.05) is 0 Å². The lowest BCUT2D eigenvalue weighted by molar-refractivity contribution is -0.139. The van der Waals surface area contributed by atoms with E-state index in [4.69, 9.17) is 4.84 Å². The van der Waals surface area contributed by atoms with Crippen LogP contribution in [0.25, 0.3) is 10.9 Å². The third-order valence-electron chi connectivity index (χ3n) is 5.77. The van der Waals surface area contributed by atoms with Crippen molar-refractivity contribution in [1.82, 2.24) is 25.3 Å². The van der Waals surface area contributed by atoms with Crippen LogP contribution in [-0.2, 0) is 17.2 Å². The Morgan fingerprint density at radius 2 is 1.75 bits per heavy atom. The van der Waals surface area contributed by atoms with Gasteiger partial charge >= 0.3 is 18.4 Å². The maximum Gasteiger partial charge on any atom is 0.421 e. The van der Waals surface area contributed by atoms with Gasteiger partial charge in [-0.3, -0.25) is 9.63 Å². The van der Waals surface area contributed by atoms with Gasteiger partial charge in [0.1, 0.15) is 11.7 Å². The Morgan fingerprint density at radius 1 is 1.08 bits per heavy atom. The maximum absolute atomic E-state index is 13.2. The summed E-state index contributed by atoms with van der Waals surface area (Å²) in [4.78, 5) is 41.0. The van der Waals surface area contributed by atoms with E-state index in [0.717, 1.165) is 12.4 Å². The number of fused-ring (bicyclic) bond motifs is 1. The number of rotatable bonds is 4. The number of anilines is 1. The molecule has 3 aromatic heterocycles. The smallest absolute Gasteiger partial charge is 0.358 e. The number of carbonyl (C=O) groups excluding carboxylic acids is 1. The molecule has 1 fully saturated rings. The molecule has 0 radical (unpaired) electrons. The molecule has 3 aromatic rings. The Kier molecular flexibility index (Phi) is 6.60. The number of aromatic amines is 2. The van der Waals surface area contributed by atoms with E-state index in [-0.39, 0.29) is 42.6 Å². The number of amides is 2. The number of alkyl halides is 6. The highest BCUT2D eigenvalue weighted by Gasteiger charge is 2.36. The highest BCUT2D eigenvalue weighted by Crippen LogP contribution is 2.37. The van der Waals surface area contributed by atoms with Crippen LogP contribution in [0.5, 0.6) is 0 Å². The number of pyridine rings is 2. The van der Waals surface area contributed by atoms with Crippen molar-refractivity contribution >= 4 is 22.8 Å². The van der Waals surface area contributed by atoms with Crippen LogP contribution in [-0.4, -0.2) is 52.1 Å². The third-order valence-corrected chi connectivity index (χ3v) is 5.77. The number of hydrogen-bond donors (Lipinski definition) is 3. The molecule has 4 rings (SSSR count). The lowest BCUT2D eigenvalue weighted by Crippen LogP contribution is -2.52. The van der Waals surface area contributed by atoms with Gasteiger partial charge in [-0.15, -0.1) is 0 Å². The summed E-state index contributed by atoms with van der Waals surface area (Å²) in [5, 5.41) is -0.00834. The second-order valence-electron chi connectivity index (χ2n) is 8.07. The van der Waals surface area contributed by atoms with Crippen molar-refractivity contribution in [1.29, 1.82) is 0 Å². The zero-order chi connectivity index (χ0) is 26.3. The van der Waals surface area contributed by atoms with E-state index < -0.39 is 41.2 Å². The number of urea groups is 1. The summed E-state index contributed by atoms with van der Waals surface area (Å²) in [5.74, 6) is 0.325. The standard InChI is InChI=1S/C21H20F6N6O3/c1-11(12-8-14(20(22,23)24)18(34)30-9-12)36-31-19(35)33-6-4-32(5-7-33)17-16-13(2-3-28-16)15(10-29-17)21(25,26)27/h2-3,8-11,28H,4-7H2,1H3,(H,30,34)(H,31,35)/t11-/m0/s1. The Balaban J connectivity index is 1.36. The fraction of sp³-hybridized carbons (Fsp3) is 0.381. The number of nitrogens with one attached hydrogen (secondary N) is 3. The number of aromatic nitrogens is 3. The molecule has 0 aliphatic carbocycles. The highest BCUT2D eigenvalue weighted by molar-refractivity contribution is 5.92. The number of halogens is 6. The molecule has 15 heteroatoms. The van der Waals surface area contributed by atoms with Crippen molar-refractivity contribution in [3.8, 4) is 0 Å². The first-order valence-electron chi connectivity index (χ1n) is 10.6. The van der Waals surface area contributed by atoms with Crippen LogP contribution in [0.3, 0.4) is 0 Å². The van der Waals surface area contributed by atoms with Gasteiger partial charge in [0.15, 0.2) is 5.82 Å². The zero-order valence-electron chi connectivity index (χ0n) is 18.6. The highest BCUT2D eigenvalue weighted by atomic mass is 19.4. The van der Waals surface area contributed by atoms with E-state index >= 15 is 0 Å². The van der Waals surface area contributed by atoms with Crippen LogP contribution in [0.15, 0.2) is 35.5 Å². The van der Waals surface area contributed by atoms with Gasteiger partial charge in [0.05, 0.1) is 11.1 Å². The normalized spacial score (nSPS) is 15.9. The number of piperazine rings is 1. The number of carbonyl (C=O) groups is 1. The van der Waals surface area contributed by atoms with E-state index in [9.17, 15) is 35.9 Å². The summed E-state index contributed by atoms with van der Waals surface area (Å²) >= 11 is 0. The van der Waals surface area contributed by atoms with Crippen LogP contribution in [0.1, 0.15) is 29.7 Å². The average Bonchev–Trinajstić information content (AvgIpc) is 3.30. The summed E-state index contributed by atoms with van der Waals surface area (Å²) in [5.41, 5.74) is -1.12. The van der Waals surface area contributed by atoms with E-state index in [1.165, 1.54) is 24.1 Å². The van der Waals surface area contributed by atoms with Crippen LogP contribution < -0.4 is 15.9 Å². The van der Waals surface area contributed by atoms with Crippen molar-refractivity contribution in [2.24, 2.45) is 0 Å². The summed E-state index contributed by atoms with van der Waals surface area (Å²) in [6.07, 6.45) is -7.17. The quantitative estimate of drug-likeness (QED) is 0.360. The topological polar surface area (TPSA) is 106 Å². The van der Waals surface area contributed by atoms with E-state index in [1.54, 1.807) is 4.90 Å². The average molecular weight is 518 g/mol. The monoisotopic (exact) mass is 518 g/mol. The van der Waals surface area contributed by atoms with Crippen LogP contribution in [0.4, 0.5) is 37.0 Å². The number of hydroxylamine groups is 1. The van der Waals surface area contributed by atoms with E-state index in [0.29, 0.717) is 11.9 Å². The number of nitrogens with zero attached hydrogens (tertiary/aromatic N) is 3. The van der Waals surface area contributed by atoms with Crippen LogP contribution in [0, 0.1) is 0 Å². The second-order valence-corrected chi connectivity index (χ2v) is 8.07. The van der Waals surface area contributed by atoms with Gasteiger partial charge in [0.2, 0.25) is 0 Å². The molecule has 194 valence electrons. The van der Waals surface area contributed by atoms with Gasteiger partial charge in [0, 0.05) is 55.7 Å². The summed E-state index contributed by atoms with van der Waals surface area (Å²) < 4.78 is 78.6. The fourth-order valence-electron chi connectivity index (χ4n) is 3.84. The first-order valence-corrected chi connectivity index (χ1v) is 10.6. The molecule has 1 aliphatic rings. The largest absolute Gasteiger partial charge is 0.421 e. The first kappa shape index (κ1) is 25.3. The predicted octanol–water partition coefficient (Wildman–Crippen LogP) is 3.81. The van der Waals surface area contributed by atoms with Crippen molar-refractivity contribution in [3.63, 3.8) is 0 Å². The van der Waals surface area contributed by atoms with E-state index in [2.05, 4.69) is 15.4 Å². The Morgan fingerprint density at radius 3 is 2.39 bits per heavy atom. The van der Waals surface area contributed by atoms with Crippen molar-refractivity contribution in [2.45, 2.75) is 25.4 Å². The lowest BCUT2D eigenvalue weighted by Gasteiger charge is -2.35. The molecule has 0 bridgehead atoms. The molecule has 3 N–H and O–H groups in total. The van der Waals surface area contributed by atoms with Gasteiger partial charge in [-0.05, 0) is 19.1 Å². The molecule has 36 heavy (non-hydrogen) atoms. The van der Waals surface area contributed by atoms with Crippen LogP contribution >= 0.6 is 0 Å². The molecule has 0 aromatic carbocycles. The fourth-order valence-corrected chi connectivity index (χ4v) is 3.84. The van der Waals surface area contributed by atoms with Crippen molar-refractivity contribution < 1.29 is 36.0 Å². The Hall–Kier alpha value is -3.75. The summed E-state index contributed by atoms with van der Waals surface area (Å²) in [6, 6.07) is 1.32. The number of H-pyrrole nitrogens is 2. The first-order chi connectivity index (χ1) is 16.9. The second kappa shape index (κ2) is 9.37. The minimum absolute atomic E-state index is 0.00427. The Labute approximate surface area is 199 Å². The molecular weight excluding hydrogens is 498 g/mol. The predicted molar refractivity (Wildman–Crippen MR) is 115 cm³/mol. The molecule has 0 spiro atoms. The Bertz CT molecular complexity index is 1310. The van der Waals surface area contributed by atoms with E-state index in [1.807, 2.05) is 4.98 Å². The van der Waals surface area contributed by atoms with Crippen molar-refractivity contribution in [3.05, 3.63) is 57.8 Å². The molecule has 2 amide bonds. The molecule has 0 saturated carbocycles.